The van der Waals surface area contributed by atoms with Crippen LogP contribution in [0.2, 0.25) is 0 Å². The number of hydrogen-bond acceptors (Lipinski definition) is 2. The minimum absolute atomic E-state index is 0.459. The molecule has 3 heteroatoms. The average molecular weight is 237 g/mol. The molecule has 0 saturated heterocycles. The van der Waals surface area contributed by atoms with Crippen molar-refractivity contribution in [1.82, 2.24) is 15.1 Å². The van der Waals surface area contributed by atoms with Crippen molar-refractivity contribution in [3.8, 4) is 0 Å². The highest BCUT2D eigenvalue weighted by atomic mass is 15.3. The summed E-state index contributed by atoms with van der Waals surface area (Å²) in [6.45, 7) is 11.0. The van der Waals surface area contributed by atoms with Crippen LogP contribution in [0.15, 0.2) is 12.4 Å². The van der Waals surface area contributed by atoms with Gasteiger partial charge in [-0.1, -0.05) is 34.1 Å². The van der Waals surface area contributed by atoms with E-state index in [1.54, 1.807) is 0 Å². The van der Waals surface area contributed by atoms with Gasteiger partial charge in [-0.15, -0.1) is 0 Å². The van der Waals surface area contributed by atoms with Crippen LogP contribution in [-0.4, -0.2) is 16.3 Å². The second kappa shape index (κ2) is 7.49. The maximum atomic E-state index is 4.46. The van der Waals surface area contributed by atoms with Gasteiger partial charge in [-0.25, -0.2) is 0 Å². The maximum absolute atomic E-state index is 4.46. The summed E-state index contributed by atoms with van der Waals surface area (Å²) in [5, 5.41) is 8.02. The molecule has 0 saturated carbocycles. The summed E-state index contributed by atoms with van der Waals surface area (Å²) in [6.07, 6.45) is 7.72. The van der Waals surface area contributed by atoms with Gasteiger partial charge in [0.15, 0.2) is 0 Å². The van der Waals surface area contributed by atoms with Crippen molar-refractivity contribution in [3.05, 3.63) is 18.0 Å². The van der Waals surface area contributed by atoms with Crippen molar-refractivity contribution in [2.45, 2.75) is 59.5 Å². The van der Waals surface area contributed by atoms with E-state index in [2.05, 4.69) is 49.0 Å². The number of hydrogen-bond donors (Lipinski definition) is 1. The first-order valence-electron chi connectivity index (χ1n) is 6.96. The minimum Gasteiger partial charge on any atom is -0.310 e. The molecule has 1 aromatic rings. The van der Waals surface area contributed by atoms with E-state index in [9.17, 15) is 0 Å². The lowest BCUT2D eigenvalue weighted by Crippen LogP contribution is -2.21. The Hall–Kier alpha value is -0.830. The van der Waals surface area contributed by atoms with Crippen LogP contribution >= 0.6 is 0 Å². The summed E-state index contributed by atoms with van der Waals surface area (Å²) in [4.78, 5) is 0. The van der Waals surface area contributed by atoms with Gasteiger partial charge in [-0.05, 0) is 25.3 Å². The smallest absolute Gasteiger partial charge is 0.0537 e. The van der Waals surface area contributed by atoms with Gasteiger partial charge in [0.25, 0.3) is 0 Å². The zero-order valence-electron chi connectivity index (χ0n) is 11.7. The molecular formula is C14H27N3. The third-order valence-electron chi connectivity index (χ3n) is 3.30. The van der Waals surface area contributed by atoms with Gasteiger partial charge >= 0.3 is 0 Å². The van der Waals surface area contributed by atoms with Gasteiger partial charge in [-0.2, -0.15) is 5.10 Å². The number of nitrogens with one attached hydrogen (secondary N) is 1. The molecule has 1 rings (SSSR count). The van der Waals surface area contributed by atoms with E-state index in [1.165, 1.54) is 18.4 Å². The van der Waals surface area contributed by atoms with E-state index in [1.807, 2.05) is 6.20 Å². The molecule has 0 aromatic carbocycles. The molecule has 0 fully saturated rings. The minimum atomic E-state index is 0.459. The second-order valence-corrected chi connectivity index (χ2v) is 4.92. The van der Waals surface area contributed by atoms with Crippen LogP contribution in [0.4, 0.5) is 0 Å². The van der Waals surface area contributed by atoms with Gasteiger partial charge in [0.05, 0.1) is 6.20 Å². The molecule has 1 heterocycles. The lowest BCUT2D eigenvalue weighted by atomic mass is 10.1. The zero-order valence-corrected chi connectivity index (χ0v) is 11.7. The van der Waals surface area contributed by atoms with Crippen LogP contribution in [0.5, 0.6) is 0 Å². The van der Waals surface area contributed by atoms with Crippen molar-refractivity contribution in [2.24, 2.45) is 5.92 Å². The monoisotopic (exact) mass is 237 g/mol. The molecule has 2 unspecified atom stereocenters. The first kappa shape index (κ1) is 14.2. The fraction of sp³-hybridized carbons (Fsp3) is 0.786. The van der Waals surface area contributed by atoms with Crippen LogP contribution in [0, 0.1) is 5.92 Å². The molecule has 0 aliphatic carbocycles. The van der Waals surface area contributed by atoms with Crippen LogP contribution in [0.25, 0.3) is 0 Å². The maximum Gasteiger partial charge on any atom is 0.0537 e. The molecule has 0 radical (unpaired) electrons. The van der Waals surface area contributed by atoms with Crippen molar-refractivity contribution in [2.75, 3.05) is 6.54 Å². The van der Waals surface area contributed by atoms with Crippen molar-refractivity contribution in [1.29, 1.82) is 0 Å². The summed E-state index contributed by atoms with van der Waals surface area (Å²) in [7, 11) is 0. The largest absolute Gasteiger partial charge is 0.310 e. The number of nitrogens with zero attached hydrogens (tertiary/aromatic N) is 2. The Labute approximate surface area is 106 Å². The van der Waals surface area contributed by atoms with Gasteiger partial charge in [0.1, 0.15) is 0 Å². The Morgan fingerprint density at radius 2 is 2.06 bits per heavy atom. The molecule has 2 atom stereocenters. The first-order valence-corrected chi connectivity index (χ1v) is 6.96. The third-order valence-corrected chi connectivity index (χ3v) is 3.30. The summed E-state index contributed by atoms with van der Waals surface area (Å²) >= 11 is 0. The van der Waals surface area contributed by atoms with E-state index in [0.29, 0.717) is 12.0 Å². The van der Waals surface area contributed by atoms with Crippen LogP contribution in [0.1, 0.15) is 58.6 Å². The SMILES string of the molecule is CCCNC(CC)c1cnn(CC(C)CC)c1. The standard InChI is InChI=1S/C14H27N3/c1-5-8-15-14(7-3)13-9-16-17(11-13)10-12(4)6-2/h9,11-12,14-15H,5-8,10H2,1-4H3. The van der Waals surface area contributed by atoms with Crippen molar-refractivity contribution in [3.63, 3.8) is 0 Å². The van der Waals surface area contributed by atoms with Gasteiger partial charge in [0.2, 0.25) is 0 Å². The highest BCUT2D eigenvalue weighted by molar-refractivity contribution is 5.10. The van der Waals surface area contributed by atoms with Crippen molar-refractivity contribution >= 4 is 0 Å². The topological polar surface area (TPSA) is 29.9 Å². The molecular weight excluding hydrogens is 210 g/mol. The van der Waals surface area contributed by atoms with E-state index >= 15 is 0 Å². The Morgan fingerprint density at radius 3 is 2.65 bits per heavy atom. The third kappa shape index (κ3) is 4.50. The van der Waals surface area contributed by atoms with Crippen LogP contribution < -0.4 is 5.32 Å². The lowest BCUT2D eigenvalue weighted by molar-refractivity contribution is 0.438. The molecule has 0 amide bonds. The number of aromatic nitrogens is 2. The van der Waals surface area contributed by atoms with Crippen LogP contribution in [0.3, 0.4) is 0 Å². The first-order chi connectivity index (χ1) is 8.21. The molecule has 98 valence electrons. The normalized spacial score (nSPS) is 14.8. The Balaban J connectivity index is 2.58. The Morgan fingerprint density at radius 1 is 1.29 bits per heavy atom. The van der Waals surface area contributed by atoms with Crippen LogP contribution in [-0.2, 0) is 6.54 Å². The molecule has 0 aliphatic rings. The molecule has 3 nitrogen and oxygen atoms in total. The predicted octanol–water partition coefficient (Wildman–Crippen LogP) is 3.38. The molecule has 0 bridgehead atoms. The predicted molar refractivity (Wildman–Crippen MR) is 73.0 cm³/mol. The number of rotatable bonds is 8. The van der Waals surface area contributed by atoms with E-state index in [4.69, 9.17) is 0 Å². The molecule has 1 aromatic heterocycles. The zero-order chi connectivity index (χ0) is 12.7. The van der Waals surface area contributed by atoms with Crippen molar-refractivity contribution < 1.29 is 0 Å². The van der Waals surface area contributed by atoms with E-state index < -0.39 is 0 Å². The fourth-order valence-electron chi connectivity index (χ4n) is 1.92. The average Bonchev–Trinajstić information content (AvgIpc) is 2.78. The van der Waals surface area contributed by atoms with Gasteiger partial charge in [0, 0.05) is 24.3 Å². The summed E-state index contributed by atoms with van der Waals surface area (Å²) in [6, 6.07) is 0.459. The van der Waals surface area contributed by atoms with Gasteiger partial charge < -0.3 is 5.32 Å². The molecule has 0 aliphatic heterocycles. The summed E-state index contributed by atoms with van der Waals surface area (Å²) < 4.78 is 2.08. The Bertz CT molecular complexity index is 306. The lowest BCUT2D eigenvalue weighted by Gasteiger charge is -2.14. The molecule has 0 spiro atoms. The second-order valence-electron chi connectivity index (χ2n) is 4.92. The van der Waals surface area contributed by atoms with E-state index in [0.717, 1.165) is 19.5 Å². The summed E-state index contributed by atoms with van der Waals surface area (Å²) in [5.41, 5.74) is 1.32. The molecule has 17 heavy (non-hydrogen) atoms. The molecule has 1 N–H and O–H groups in total. The summed E-state index contributed by atoms with van der Waals surface area (Å²) in [5.74, 6) is 0.700. The highest BCUT2D eigenvalue weighted by Crippen LogP contribution is 2.16. The highest BCUT2D eigenvalue weighted by Gasteiger charge is 2.11. The van der Waals surface area contributed by atoms with E-state index in [-0.39, 0.29) is 0 Å². The fourth-order valence-corrected chi connectivity index (χ4v) is 1.92. The Kier molecular flexibility index (Phi) is 6.27. The quantitative estimate of drug-likeness (QED) is 0.751. The van der Waals surface area contributed by atoms with Gasteiger partial charge in [-0.3, -0.25) is 4.68 Å².